The molecule has 2 N–H and O–H groups in total. The summed E-state index contributed by atoms with van der Waals surface area (Å²) < 4.78 is 0. The molecule has 1 aliphatic rings. The van der Waals surface area contributed by atoms with Crippen LogP contribution in [0.5, 0.6) is 0 Å². The molecule has 1 aromatic heterocycles. The summed E-state index contributed by atoms with van der Waals surface area (Å²) >= 11 is 18.2. The number of fused-ring (bicyclic) bond motifs is 1. The average Bonchev–Trinajstić information content (AvgIpc) is 2.72. The molecule has 168 valence electrons. The molecular formula is C23H26Cl5N3. The Morgan fingerprint density at radius 3 is 2.32 bits per heavy atom. The van der Waals surface area contributed by atoms with E-state index in [0.29, 0.717) is 22.1 Å². The van der Waals surface area contributed by atoms with Crippen LogP contribution in [0.3, 0.4) is 0 Å². The monoisotopic (exact) mass is 519 g/mol. The zero-order valence-corrected chi connectivity index (χ0v) is 20.8. The van der Waals surface area contributed by atoms with Crippen molar-refractivity contribution in [2.24, 2.45) is 0 Å². The van der Waals surface area contributed by atoms with Crippen LogP contribution in [0.1, 0.15) is 31.2 Å². The Balaban J connectivity index is 0.00000171. The second-order valence-electron chi connectivity index (χ2n) is 7.67. The number of hydrogen-bond donors (Lipinski definition) is 2. The summed E-state index contributed by atoms with van der Waals surface area (Å²) in [7, 11) is 0. The number of aromatic nitrogens is 1. The van der Waals surface area contributed by atoms with Gasteiger partial charge >= 0.3 is 0 Å². The number of anilines is 1. The number of hydrogen-bond acceptors (Lipinski definition) is 3. The van der Waals surface area contributed by atoms with Gasteiger partial charge in [-0.15, -0.1) is 24.8 Å². The third kappa shape index (κ3) is 7.02. The highest BCUT2D eigenvalue weighted by Crippen LogP contribution is 2.28. The van der Waals surface area contributed by atoms with Crippen LogP contribution in [0.2, 0.25) is 15.1 Å². The van der Waals surface area contributed by atoms with Gasteiger partial charge in [-0.3, -0.25) is 4.98 Å². The van der Waals surface area contributed by atoms with E-state index in [9.17, 15) is 0 Å². The highest BCUT2D eigenvalue weighted by Gasteiger charge is 2.21. The molecule has 0 amide bonds. The zero-order valence-electron chi connectivity index (χ0n) is 16.9. The first-order valence-electron chi connectivity index (χ1n) is 10.1. The van der Waals surface area contributed by atoms with Gasteiger partial charge in [0.2, 0.25) is 0 Å². The van der Waals surface area contributed by atoms with Gasteiger partial charge in [-0.05, 0) is 80.6 Å². The topological polar surface area (TPSA) is 37.0 Å². The summed E-state index contributed by atoms with van der Waals surface area (Å²) in [6.45, 7) is 0.955. The van der Waals surface area contributed by atoms with Crippen molar-refractivity contribution in [3.63, 3.8) is 0 Å². The smallest absolute Gasteiger partial charge is 0.0737 e. The Morgan fingerprint density at radius 2 is 1.58 bits per heavy atom. The van der Waals surface area contributed by atoms with Gasteiger partial charge in [0.15, 0.2) is 0 Å². The largest absolute Gasteiger partial charge is 0.382 e. The first-order valence-corrected chi connectivity index (χ1v) is 11.2. The van der Waals surface area contributed by atoms with E-state index in [0.717, 1.165) is 47.4 Å². The van der Waals surface area contributed by atoms with Crippen LogP contribution in [-0.4, -0.2) is 23.6 Å². The van der Waals surface area contributed by atoms with E-state index in [1.165, 1.54) is 18.4 Å². The normalized spacial score (nSPS) is 18.2. The van der Waals surface area contributed by atoms with Crippen molar-refractivity contribution in [3.05, 3.63) is 69.3 Å². The molecule has 0 radical (unpaired) electrons. The van der Waals surface area contributed by atoms with E-state index in [-0.39, 0.29) is 24.8 Å². The molecular weight excluding hydrogens is 496 g/mol. The van der Waals surface area contributed by atoms with Crippen LogP contribution in [-0.2, 0) is 6.42 Å². The molecule has 1 aliphatic carbocycles. The minimum absolute atomic E-state index is 0. The maximum atomic E-state index is 6.10. The molecule has 0 bridgehead atoms. The Morgan fingerprint density at radius 1 is 0.839 bits per heavy atom. The maximum absolute atomic E-state index is 6.10. The van der Waals surface area contributed by atoms with Gasteiger partial charge in [-0.2, -0.15) is 0 Å². The van der Waals surface area contributed by atoms with E-state index in [1.807, 2.05) is 42.6 Å². The summed E-state index contributed by atoms with van der Waals surface area (Å²) in [5, 5.41) is 10.5. The van der Waals surface area contributed by atoms with E-state index in [2.05, 4.69) is 21.7 Å². The molecule has 1 fully saturated rings. The first kappa shape index (κ1) is 26.3. The van der Waals surface area contributed by atoms with Crippen LogP contribution in [0.25, 0.3) is 10.9 Å². The van der Waals surface area contributed by atoms with Gasteiger partial charge in [-0.25, -0.2) is 0 Å². The third-order valence-electron chi connectivity index (χ3n) is 5.62. The van der Waals surface area contributed by atoms with Crippen LogP contribution in [0.15, 0.2) is 48.7 Å². The van der Waals surface area contributed by atoms with Crippen LogP contribution < -0.4 is 10.6 Å². The lowest BCUT2D eigenvalue weighted by molar-refractivity contribution is 0.356. The van der Waals surface area contributed by atoms with Crippen molar-refractivity contribution in [2.75, 3.05) is 11.9 Å². The third-order valence-corrected chi connectivity index (χ3v) is 6.60. The van der Waals surface area contributed by atoms with E-state index in [1.54, 1.807) is 0 Å². The van der Waals surface area contributed by atoms with Gasteiger partial charge in [-0.1, -0.05) is 40.9 Å². The Hall–Kier alpha value is -0.940. The lowest BCUT2D eigenvalue weighted by atomic mass is 9.90. The molecule has 3 nitrogen and oxygen atoms in total. The predicted molar refractivity (Wildman–Crippen MR) is 139 cm³/mol. The summed E-state index contributed by atoms with van der Waals surface area (Å²) in [5.41, 5.74) is 3.29. The minimum Gasteiger partial charge on any atom is -0.382 e. The number of benzene rings is 2. The van der Waals surface area contributed by atoms with Crippen molar-refractivity contribution in [3.8, 4) is 0 Å². The van der Waals surface area contributed by atoms with Crippen LogP contribution in [0, 0.1) is 0 Å². The summed E-state index contributed by atoms with van der Waals surface area (Å²) in [6, 6.07) is 14.9. The number of nitrogens with one attached hydrogen (secondary N) is 2. The number of halogens is 5. The zero-order chi connectivity index (χ0) is 20.2. The van der Waals surface area contributed by atoms with Gasteiger partial charge in [0.05, 0.1) is 15.6 Å². The molecule has 4 rings (SSSR count). The fourth-order valence-corrected chi connectivity index (χ4v) is 4.51. The number of rotatable bonds is 6. The lowest BCUT2D eigenvalue weighted by Crippen LogP contribution is -2.37. The van der Waals surface area contributed by atoms with Crippen molar-refractivity contribution in [1.29, 1.82) is 0 Å². The van der Waals surface area contributed by atoms with Gasteiger partial charge in [0.25, 0.3) is 0 Å². The van der Waals surface area contributed by atoms with Crippen LogP contribution in [0.4, 0.5) is 5.69 Å². The Kier molecular flexibility index (Phi) is 10.5. The fraction of sp³-hybridized carbons (Fsp3) is 0.348. The number of pyridine rings is 1. The fourth-order valence-electron chi connectivity index (χ4n) is 4.02. The average molecular weight is 522 g/mol. The van der Waals surface area contributed by atoms with E-state index >= 15 is 0 Å². The van der Waals surface area contributed by atoms with E-state index < -0.39 is 0 Å². The Labute approximate surface area is 211 Å². The minimum atomic E-state index is 0. The number of nitrogens with zero attached hydrogens (tertiary/aromatic N) is 1. The lowest BCUT2D eigenvalue weighted by Gasteiger charge is -2.30. The molecule has 0 unspecified atom stereocenters. The summed E-state index contributed by atoms with van der Waals surface area (Å²) in [4.78, 5) is 4.43. The molecule has 3 aromatic rings. The maximum Gasteiger partial charge on any atom is 0.0737 e. The van der Waals surface area contributed by atoms with Gasteiger partial charge < -0.3 is 10.6 Å². The second kappa shape index (κ2) is 12.3. The molecule has 8 heteroatoms. The quantitative estimate of drug-likeness (QED) is 0.351. The van der Waals surface area contributed by atoms with Crippen molar-refractivity contribution in [2.45, 2.75) is 44.2 Å². The molecule has 1 saturated carbocycles. The molecule has 0 aliphatic heterocycles. The second-order valence-corrected chi connectivity index (χ2v) is 8.92. The molecule has 1 heterocycles. The molecule has 2 aromatic carbocycles. The van der Waals surface area contributed by atoms with Crippen molar-refractivity contribution >= 4 is 76.2 Å². The highest BCUT2D eigenvalue weighted by molar-refractivity contribution is 6.42. The standard InChI is InChI=1S/C23H24Cl3N3.2ClH/c24-16-2-7-19-22(10-12-28-23(19)14-16)29-18-5-3-17(4-6-18)27-11-9-15-1-8-20(25)21(26)13-15;;/h1-2,7-8,10,12-14,17-18,27H,3-6,9,11H2,(H,28,29);2*1H. The van der Waals surface area contributed by atoms with E-state index in [4.69, 9.17) is 34.8 Å². The van der Waals surface area contributed by atoms with Crippen molar-refractivity contribution in [1.82, 2.24) is 10.3 Å². The molecule has 0 spiro atoms. The van der Waals surface area contributed by atoms with Gasteiger partial charge in [0, 0.05) is 34.4 Å². The van der Waals surface area contributed by atoms with Gasteiger partial charge in [0.1, 0.15) is 0 Å². The van der Waals surface area contributed by atoms with Crippen molar-refractivity contribution < 1.29 is 0 Å². The van der Waals surface area contributed by atoms with Crippen LogP contribution >= 0.6 is 59.6 Å². The molecule has 31 heavy (non-hydrogen) atoms. The molecule has 0 saturated heterocycles. The SMILES string of the molecule is Cl.Cl.Clc1ccc2c(NC3CCC(NCCc4ccc(Cl)c(Cl)c4)CC3)ccnc2c1. The summed E-state index contributed by atoms with van der Waals surface area (Å²) in [6.07, 6.45) is 7.46. The predicted octanol–water partition coefficient (Wildman–Crippen LogP) is 7.59. The first-order chi connectivity index (χ1) is 14.1. The Bertz CT molecular complexity index is 990. The molecule has 0 atom stereocenters. The highest BCUT2D eigenvalue weighted by atomic mass is 35.5. The summed E-state index contributed by atoms with van der Waals surface area (Å²) in [5.74, 6) is 0.